The van der Waals surface area contributed by atoms with Gasteiger partial charge in [0.2, 0.25) is 0 Å². The third kappa shape index (κ3) is 2.03. The average molecular weight is 101 g/mol. The minimum Gasteiger partial charge on any atom is -0.341 e. The van der Waals surface area contributed by atoms with E-state index in [1.165, 1.54) is 4.90 Å². The first kappa shape index (κ1) is 6.27. The molecule has 0 rings (SSSR count). The highest BCUT2D eigenvalue weighted by Crippen LogP contribution is 1.73. The maximum Gasteiger partial charge on any atom is 0.316 e. The zero-order valence-electron chi connectivity index (χ0n) is 4.56. The Labute approximate surface area is 43.3 Å². The highest BCUT2D eigenvalue weighted by atomic mass is 16.2. The van der Waals surface area contributed by atoms with Gasteiger partial charge >= 0.3 is 6.03 Å². The normalized spacial score (nSPS) is 7.86. The number of urea groups is 1. The summed E-state index contributed by atoms with van der Waals surface area (Å²) in [5.74, 6) is 0. The van der Waals surface area contributed by atoms with Crippen molar-refractivity contribution in [3.63, 3.8) is 0 Å². The van der Waals surface area contributed by atoms with Gasteiger partial charge < -0.3 is 10.2 Å². The minimum atomic E-state index is -0.181. The highest BCUT2D eigenvalue weighted by molar-refractivity contribution is 5.73. The predicted octanol–water partition coefficient (Wildman–Crippen LogP) is 0.0492. The van der Waals surface area contributed by atoms with Gasteiger partial charge in [-0.05, 0) is 0 Å². The van der Waals surface area contributed by atoms with Crippen LogP contribution in [-0.4, -0.2) is 25.0 Å². The molecule has 0 aromatic rings. The van der Waals surface area contributed by atoms with E-state index in [0.717, 1.165) is 0 Å². The van der Waals surface area contributed by atoms with Crippen molar-refractivity contribution in [3.8, 4) is 0 Å². The van der Waals surface area contributed by atoms with Crippen LogP contribution in [0.3, 0.4) is 0 Å². The topological polar surface area (TPSA) is 32.3 Å². The van der Waals surface area contributed by atoms with Crippen LogP contribution in [-0.2, 0) is 0 Å². The predicted molar refractivity (Wildman–Crippen MR) is 27.6 cm³/mol. The molecule has 0 aromatic heterocycles. The molecule has 0 fully saturated rings. The molecule has 3 heteroatoms. The number of carbonyl (C=O) groups excluding carboxylic acids is 1. The molecule has 0 unspecified atom stereocenters. The molecule has 1 radical (unpaired) electrons. The quantitative estimate of drug-likeness (QED) is 0.459. The van der Waals surface area contributed by atoms with Crippen molar-refractivity contribution in [2.24, 2.45) is 0 Å². The fourth-order valence-electron chi connectivity index (χ4n) is 0.191. The molecule has 0 aliphatic heterocycles. The van der Waals surface area contributed by atoms with E-state index in [1.54, 1.807) is 14.1 Å². The molecule has 0 atom stereocenters. The molecule has 0 heterocycles. The van der Waals surface area contributed by atoms with Gasteiger partial charge in [0.25, 0.3) is 0 Å². The van der Waals surface area contributed by atoms with Gasteiger partial charge in [-0.25, -0.2) is 4.79 Å². The van der Waals surface area contributed by atoms with Gasteiger partial charge in [-0.1, -0.05) is 0 Å². The Bertz CT molecular complexity index is 70.1. The van der Waals surface area contributed by atoms with Crippen LogP contribution in [0.5, 0.6) is 0 Å². The minimum absolute atomic E-state index is 0.181. The summed E-state index contributed by atoms with van der Waals surface area (Å²) in [7, 11) is 6.47. The largest absolute Gasteiger partial charge is 0.341 e. The van der Waals surface area contributed by atoms with Crippen LogP contribution in [0.2, 0.25) is 0 Å². The molecule has 0 aromatic carbocycles. The van der Waals surface area contributed by atoms with E-state index in [1.807, 2.05) is 0 Å². The van der Waals surface area contributed by atoms with Gasteiger partial charge in [0.1, 0.15) is 0 Å². The SMILES string of the molecule is [CH2]N(C)C(=O)NC. The molecule has 0 bridgehead atoms. The first-order valence-corrected chi connectivity index (χ1v) is 1.94. The zero-order chi connectivity index (χ0) is 5.86. The number of hydrogen-bond donors (Lipinski definition) is 1. The second-order valence-corrected chi connectivity index (χ2v) is 1.25. The van der Waals surface area contributed by atoms with E-state index >= 15 is 0 Å². The molecule has 3 nitrogen and oxygen atoms in total. The van der Waals surface area contributed by atoms with Crippen molar-refractivity contribution >= 4 is 6.03 Å². The molecule has 1 N–H and O–H groups in total. The number of amides is 2. The molecule has 2 amide bonds. The van der Waals surface area contributed by atoms with Crippen molar-refractivity contribution < 1.29 is 4.79 Å². The lowest BCUT2D eigenvalue weighted by atomic mass is 10.8. The summed E-state index contributed by atoms with van der Waals surface area (Å²) >= 11 is 0. The maximum atomic E-state index is 10.3. The second-order valence-electron chi connectivity index (χ2n) is 1.25. The fraction of sp³-hybridized carbons (Fsp3) is 0.500. The van der Waals surface area contributed by atoms with E-state index < -0.39 is 0 Å². The van der Waals surface area contributed by atoms with Crippen molar-refractivity contribution in [1.29, 1.82) is 0 Å². The summed E-state index contributed by atoms with van der Waals surface area (Å²) in [4.78, 5) is 11.5. The van der Waals surface area contributed by atoms with E-state index in [4.69, 9.17) is 0 Å². The molecule has 0 aliphatic carbocycles. The summed E-state index contributed by atoms with van der Waals surface area (Å²) in [5.41, 5.74) is 0. The standard InChI is InChI=1S/C4H9N2O/c1-5-4(7)6(2)3/h2H2,1,3H3,(H,5,7). The van der Waals surface area contributed by atoms with Gasteiger partial charge in [0.05, 0.1) is 0 Å². The molecule has 0 aliphatic rings. The van der Waals surface area contributed by atoms with Crippen LogP contribution in [0.4, 0.5) is 4.79 Å². The Kier molecular flexibility index (Phi) is 2.19. The van der Waals surface area contributed by atoms with E-state index in [-0.39, 0.29) is 6.03 Å². The van der Waals surface area contributed by atoms with Crippen molar-refractivity contribution in [2.75, 3.05) is 14.1 Å². The van der Waals surface area contributed by atoms with Gasteiger partial charge in [0, 0.05) is 21.1 Å². The van der Waals surface area contributed by atoms with Gasteiger partial charge in [-0.15, -0.1) is 0 Å². The van der Waals surface area contributed by atoms with E-state index in [0.29, 0.717) is 0 Å². The smallest absolute Gasteiger partial charge is 0.316 e. The van der Waals surface area contributed by atoms with Crippen LogP contribution in [0.15, 0.2) is 0 Å². The molecule has 0 spiro atoms. The average Bonchev–Trinajstić information content (AvgIpc) is 1.65. The first-order chi connectivity index (χ1) is 3.18. The van der Waals surface area contributed by atoms with E-state index in [2.05, 4.69) is 12.4 Å². The first-order valence-electron chi connectivity index (χ1n) is 1.94. The summed E-state index contributed by atoms with van der Waals surface area (Å²) in [6.07, 6.45) is 0. The lowest BCUT2D eigenvalue weighted by Crippen LogP contribution is -2.29. The van der Waals surface area contributed by atoms with Crippen LogP contribution in [0.1, 0.15) is 0 Å². The lowest BCUT2D eigenvalue weighted by molar-refractivity contribution is 0.224. The Hall–Kier alpha value is -0.730. The monoisotopic (exact) mass is 101 g/mol. The second kappa shape index (κ2) is 2.44. The highest BCUT2D eigenvalue weighted by Gasteiger charge is 1.94. The van der Waals surface area contributed by atoms with Gasteiger partial charge in [0.15, 0.2) is 0 Å². The van der Waals surface area contributed by atoms with Crippen LogP contribution in [0.25, 0.3) is 0 Å². The lowest BCUT2D eigenvalue weighted by Gasteiger charge is -2.06. The summed E-state index contributed by atoms with van der Waals surface area (Å²) < 4.78 is 0. The Morgan fingerprint density at radius 2 is 2.29 bits per heavy atom. The molecule has 0 saturated carbocycles. The fourth-order valence-corrected chi connectivity index (χ4v) is 0.191. The summed E-state index contributed by atoms with van der Waals surface area (Å²) in [5, 5.41) is 2.39. The Morgan fingerprint density at radius 1 is 1.86 bits per heavy atom. The summed E-state index contributed by atoms with van der Waals surface area (Å²) in [6, 6.07) is -0.181. The third-order valence-electron chi connectivity index (χ3n) is 0.561. The number of hydrogen-bond acceptors (Lipinski definition) is 1. The van der Waals surface area contributed by atoms with Gasteiger partial charge in [-0.3, -0.25) is 0 Å². The number of nitrogens with zero attached hydrogens (tertiary/aromatic N) is 1. The van der Waals surface area contributed by atoms with Gasteiger partial charge in [-0.2, -0.15) is 0 Å². The van der Waals surface area contributed by atoms with Crippen molar-refractivity contribution in [1.82, 2.24) is 10.2 Å². The maximum absolute atomic E-state index is 10.3. The van der Waals surface area contributed by atoms with Crippen LogP contribution < -0.4 is 5.32 Å². The van der Waals surface area contributed by atoms with Crippen LogP contribution >= 0.6 is 0 Å². The zero-order valence-corrected chi connectivity index (χ0v) is 4.56. The third-order valence-corrected chi connectivity index (χ3v) is 0.561. The number of nitrogens with one attached hydrogen (secondary N) is 1. The molecular weight excluding hydrogens is 92.1 g/mol. The van der Waals surface area contributed by atoms with Crippen LogP contribution in [0, 0.1) is 7.05 Å². The van der Waals surface area contributed by atoms with E-state index in [9.17, 15) is 4.79 Å². The molecule has 41 valence electrons. The molecule has 7 heavy (non-hydrogen) atoms. The molecular formula is C4H9N2O. The van der Waals surface area contributed by atoms with Crippen molar-refractivity contribution in [2.45, 2.75) is 0 Å². The Balaban J connectivity index is 3.35. The number of carbonyl (C=O) groups is 1. The number of rotatable bonds is 0. The molecule has 0 saturated heterocycles. The van der Waals surface area contributed by atoms with Crippen molar-refractivity contribution in [3.05, 3.63) is 7.05 Å². The summed E-state index contributed by atoms with van der Waals surface area (Å²) in [6.45, 7) is 0. The Morgan fingerprint density at radius 3 is 2.29 bits per heavy atom.